The van der Waals surface area contributed by atoms with E-state index in [2.05, 4.69) is 20.5 Å². The van der Waals surface area contributed by atoms with E-state index >= 15 is 0 Å². The third-order valence-corrected chi connectivity index (χ3v) is 5.42. The molecule has 3 rings (SSSR count). The average Bonchev–Trinajstić information content (AvgIpc) is 3.26. The van der Waals surface area contributed by atoms with Crippen LogP contribution in [0.2, 0.25) is 0 Å². The van der Waals surface area contributed by atoms with Gasteiger partial charge in [0.05, 0.1) is 5.25 Å². The van der Waals surface area contributed by atoms with E-state index in [0.29, 0.717) is 16.1 Å². The lowest BCUT2D eigenvalue weighted by Crippen LogP contribution is -2.22. The van der Waals surface area contributed by atoms with E-state index in [9.17, 15) is 4.79 Å². The summed E-state index contributed by atoms with van der Waals surface area (Å²) in [6.45, 7) is 3.75. The zero-order valence-corrected chi connectivity index (χ0v) is 16.3. The second kappa shape index (κ2) is 8.33. The number of amides is 1. The molecule has 0 bridgehead atoms. The number of hydrogen-bond acceptors (Lipinski definition) is 7. The minimum absolute atomic E-state index is 0.122. The lowest BCUT2D eigenvalue weighted by Gasteiger charge is -2.14. The van der Waals surface area contributed by atoms with Gasteiger partial charge in [-0.25, -0.2) is 4.98 Å². The Kier molecular flexibility index (Phi) is 5.89. The Labute approximate surface area is 159 Å². The molecule has 26 heavy (non-hydrogen) atoms. The van der Waals surface area contributed by atoms with Gasteiger partial charge >= 0.3 is 0 Å². The van der Waals surface area contributed by atoms with Crippen molar-refractivity contribution in [2.75, 3.05) is 5.32 Å². The molecule has 1 aromatic carbocycles. The van der Waals surface area contributed by atoms with E-state index in [0.717, 1.165) is 5.75 Å². The number of rotatable bonds is 7. The number of benzene rings is 1. The molecule has 0 radical (unpaired) electrons. The predicted molar refractivity (Wildman–Crippen MR) is 103 cm³/mol. The van der Waals surface area contributed by atoms with Gasteiger partial charge in [-0.3, -0.25) is 4.79 Å². The maximum absolute atomic E-state index is 12.3. The fraction of sp³-hybridized carbons (Fsp3) is 0.294. The molecule has 7 nitrogen and oxygen atoms in total. The molecule has 0 saturated carbocycles. The summed E-state index contributed by atoms with van der Waals surface area (Å²) in [6.07, 6.45) is 1.39. The van der Waals surface area contributed by atoms with E-state index in [1.165, 1.54) is 23.1 Å². The zero-order chi connectivity index (χ0) is 18.5. The first-order valence-corrected chi connectivity index (χ1v) is 9.78. The van der Waals surface area contributed by atoms with E-state index < -0.39 is 0 Å². The fourth-order valence-electron chi connectivity index (χ4n) is 2.24. The van der Waals surface area contributed by atoms with Crippen LogP contribution in [-0.4, -0.2) is 30.9 Å². The molecule has 2 atom stereocenters. The van der Waals surface area contributed by atoms with Gasteiger partial charge in [0.15, 0.2) is 22.2 Å². The van der Waals surface area contributed by atoms with Crippen molar-refractivity contribution < 1.29 is 9.53 Å². The summed E-state index contributed by atoms with van der Waals surface area (Å²) in [5, 5.41) is 13.9. The average molecular weight is 390 g/mol. The number of aromatic nitrogens is 4. The van der Waals surface area contributed by atoms with Crippen molar-refractivity contribution in [3.05, 3.63) is 47.7 Å². The Morgan fingerprint density at radius 3 is 2.73 bits per heavy atom. The summed E-state index contributed by atoms with van der Waals surface area (Å²) < 4.78 is 7.75. The molecule has 9 heteroatoms. The van der Waals surface area contributed by atoms with Crippen molar-refractivity contribution in [1.29, 1.82) is 0 Å². The van der Waals surface area contributed by atoms with Gasteiger partial charge in [0.2, 0.25) is 5.91 Å². The smallest absolute Gasteiger partial charge is 0.239 e. The number of thioether (sulfide) groups is 1. The van der Waals surface area contributed by atoms with Gasteiger partial charge in [0.1, 0.15) is 5.75 Å². The van der Waals surface area contributed by atoms with Crippen LogP contribution in [0.25, 0.3) is 0 Å². The number of nitrogens with one attached hydrogen (secondary N) is 1. The van der Waals surface area contributed by atoms with Crippen molar-refractivity contribution in [3.63, 3.8) is 0 Å². The van der Waals surface area contributed by atoms with Gasteiger partial charge in [-0.15, -0.1) is 21.5 Å². The van der Waals surface area contributed by atoms with Crippen molar-refractivity contribution >= 4 is 34.1 Å². The normalized spacial score (nSPS) is 13.2. The Morgan fingerprint density at radius 1 is 1.27 bits per heavy atom. The Bertz CT molecular complexity index is 851. The second-order valence-electron chi connectivity index (χ2n) is 5.56. The lowest BCUT2D eigenvalue weighted by molar-refractivity contribution is -0.115. The van der Waals surface area contributed by atoms with Crippen LogP contribution in [0, 0.1) is 0 Å². The van der Waals surface area contributed by atoms with Gasteiger partial charge in [-0.1, -0.05) is 30.0 Å². The lowest BCUT2D eigenvalue weighted by atomic mass is 10.3. The van der Waals surface area contributed by atoms with Crippen molar-refractivity contribution in [2.45, 2.75) is 30.4 Å². The van der Waals surface area contributed by atoms with Gasteiger partial charge in [0, 0.05) is 18.6 Å². The first-order valence-electron chi connectivity index (χ1n) is 8.02. The van der Waals surface area contributed by atoms with Gasteiger partial charge in [-0.2, -0.15) is 0 Å². The number of nitrogens with zero attached hydrogens (tertiary/aromatic N) is 4. The summed E-state index contributed by atoms with van der Waals surface area (Å²) >= 11 is 2.73. The Morgan fingerprint density at radius 2 is 2.04 bits per heavy atom. The van der Waals surface area contributed by atoms with Gasteiger partial charge in [0.25, 0.3) is 0 Å². The molecule has 1 amide bonds. The molecular weight excluding hydrogens is 370 g/mol. The Balaban J connectivity index is 1.63. The number of ether oxygens (including phenoxy) is 1. The summed E-state index contributed by atoms with van der Waals surface area (Å²) in [4.78, 5) is 16.3. The molecule has 2 heterocycles. The first kappa shape index (κ1) is 18.4. The summed E-state index contributed by atoms with van der Waals surface area (Å²) in [5.41, 5.74) is 0. The molecule has 1 N–H and O–H groups in total. The predicted octanol–water partition coefficient (Wildman–Crippen LogP) is 3.53. The topological polar surface area (TPSA) is 81.9 Å². The summed E-state index contributed by atoms with van der Waals surface area (Å²) in [5.74, 6) is 1.35. The number of anilines is 1. The molecule has 0 spiro atoms. The minimum Gasteiger partial charge on any atom is -0.483 e. The van der Waals surface area contributed by atoms with Gasteiger partial charge in [-0.05, 0) is 26.0 Å². The zero-order valence-electron chi connectivity index (χ0n) is 14.6. The van der Waals surface area contributed by atoms with Crippen molar-refractivity contribution in [1.82, 2.24) is 19.7 Å². The van der Waals surface area contributed by atoms with Crippen LogP contribution in [0.4, 0.5) is 5.13 Å². The van der Waals surface area contributed by atoms with E-state index in [1.807, 2.05) is 61.2 Å². The molecule has 136 valence electrons. The van der Waals surface area contributed by atoms with Crippen LogP contribution >= 0.6 is 23.1 Å². The van der Waals surface area contributed by atoms with Crippen LogP contribution in [0.15, 0.2) is 47.1 Å². The minimum atomic E-state index is -0.333. The Hall–Kier alpha value is -2.39. The van der Waals surface area contributed by atoms with E-state index in [1.54, 1.807) is 6.20 Å². The highest BCUT2D eigenvalue weighted by atomic mass is 32.2. The highest BCUT2D eigenvalue weighted by Gasteiger charge is 2.22. The van der Waals surface area contributed by atoms with Crippen LogP contribution < -0.4 is 10.1 Å². The molecule has 0 saturated heterocycles. The monoisotopic (exact) mass is 389 g/mol. The van der Waals surface area contributed by atoms with E-state index in [4.69, 9.17) is 4.74 Å². The summed E-state index contributed by atoms with van der Waals surface area (Å²) in [7, 11) is 1.87. The standard InChI is InChI=1S/C17H19N5O2S2/c1-11(24-13-7-5-4-6-8-13)14-20-21-17(22(14)3)26-12(2)15(23)19-16-18-9-10-25-16/h4-12H,1-3H3,(H,18,19,23)/t11-,12-/m0/s1. The quantitative estimate of drug-likeness (QED) is 0.623. The molecule has 3 aromatic rings. The van der Waals surface area contributed by atoms with Crippen molar-refractivity contribution in [2.24, 2.45) is 7.05 Å². The number of hydrogen-bond donors (Lipinski definition) is 1. The van der Waals surface area contributed by atoms with Crippen LogP contribution in [0.5, 0.6) is 5.75 Å². The maximum Gasteiger partial charge on any atom is 0.239 e. The molecule has 0 fully saturated rings. The number of para-hydroxylation sites is 1. The summed E-state index contributed by atoms with van der Waals surface area (Å²) in [6, 6.07) is 9.57. The third kappa shape index (κ3) is 4.41. The largest absolute Gasteiger partial charge is 0.483 e. The molecule has 0 aliphatic carbocycles. The molecule has 0 aliphatic rings. The SMILES string of the molecule is C[C@H](Sc1nnc([C@H](C)Oc2ccccc2)n1C)C(=O)Nc1nccs1. The van der Waals surface area contributed by atoms with Crippen LogP contribution in [0.1, 0.15) is 25.8 Å². The number of carbonyl (C=O) groups excluding carboxylic acids is 1. The molecule has 2 aromatic heterocycles. The molecular formula is C17H19N5O2S2. The van der Waals surface area contributed by atoms with Gasteiger partial charge < -0.3 is 14.6 Å². The van der Waals surface area contributed by atoms with Crippen LogP contribution in [0.3, 0.4) is 0 Å². The highest BCUT2D eigenvalue weighted by molar-refractivity contribution is 8.00. The van der Waals surface area contributed by atoms with Crippen LogP contribution in [-0.2, 0) is 11.8 Å². The number of thiazole rings is 1. The molecule has 0 unspecified atom stereocenters. The number of carbonyl (C=O) groups is 1. The highest BCUT2D eigenvalue weighted by Crippen LogP contribution is 2.26. The van der Waals surface area contributed by atoms with Crippen molar-refractivity contribution in [3.8, 4) is 5.75 Å². The molecule has 0 aliphatic heterocycles. The maximum atomic E-state index is 12.3. The second-order valence-corrected chi connectivity index (χ2v) is 7.76. The van der Waals surface area contributed by atoms with E-state index in [-0.39, 0.29) is 17.3 Å². The first-order chi connectivity index (χ1) is 12.5. The fourth-order valence-corrected chi connectivity index (χ4v) is 3.60. The third-order valence-electron chi connectivity index (χ3n) is 3.60.